The zero-order valence-electron chi connectivity index (χ0n) is 6.84. The second-order valence-electron chi connectivity index (χ2n) is 2.10. The van der Waals surface area contributed by atoms with Gasteiger partial charge in [-0.15, -0.1) is 11.3 Å². The van der Waals surface area contributed by atoms with Crippen molar-refractivity contribution in [2.45, 2.75) is 6.92 Å². The Morgan fingerprint density at radius 1 is 1.75 bits per heavy atom. The Kier molecular flexibility index (Phi) is 4.35. The van der Waals surface area contributed by atoms with Crippen LogP contribution in [0.5, 0.6) is 0 Å². The Labute approximate surface area is 80.7 Å². The minimum absolute atomic E-state index is 0.541. The van der Waals surface area contributed by atoms with Gasteiger partial charge in [0.2, 0.25) is 0 Å². The van der Waals surface area contributed by atoms with Crippen LogP contribution in [0.4, 0.5) is 5.13 Å². The molecule has 0 saturated carbocycles. The van der Waals surface area contributed by atoms with Crippen LogP contribution in [-0.4, -0.2) is 24.7 Å². The molecule has 1 heterocycles. The quantitative estimate of drug-likeness (QED) is 0.751. The average Bonchev–Trinajstić information content (AvgIpc) is 2.45. The van der Waals surface area contributed by atoms with Crippen LogP contribution in [0.25, 0.3) is 0 Å². The number of halogens is 1. The number of aromatic nitrogens is 1. The molecule has 1 aromatic rings. The highest BCUT2D eigenvalue weighted by molar-refractivity contribution is 7.14. The van der Waals surface area contributed by atoms with E-state index in [1.54, 1.807) is 5.38 Å². The molecule has 1 rings (SSSR count). The van der Waals surface area contributed by atoms with E-state index in [0.29, 0.717) is 11.8 Å². The number of rotatable bonds is 5. The highest BCUT2D eigenvalue weighted by Gasteiger charge is 1.96. The van der Waals surface area contributed by atoms with Crippen molar-refractivity contribution in [2.75, 3.05) is 25.1 Å². The summed E-state index contributed by atoms with van der Waals surface area (Å²) < 4.78 is 5.14. The van der Waals surface area contributed by atoms with Crippen LogP contribution in [0, 0.1) is 0 Å². The maximum Gasteiger partial charge on any atom is 0.184 e. The Bertz CT molecular complexity index is 229. The summed E-state index contributed by atoms with van der Waals surface area (Å²) in [7, 11) is 0. The molecule has 12 heavy (non-hydrogen) atoms. The minimum atomic E-state index is 0.541. The zero-order valence-corrected chi connectivity index (χ0v) is 8.41. The van der Waals surface area contributed by atoms with Crippen LogP contribution >= 0.6 is 22.9 Å². The van der Waals surface area contributed by atoms with Gasteiger partial charge >= 0.3 is 0 Å². The van der Waals surface area contributed by atoms with Gasteiger partial charge in [0.25, 0.3) is 0 Å². The van der Waals surface area contributed by atoms with Crippen molar-refractivity contribution >= 4 is 28.1 Å². The lowest BCUT2D eigenvalue weighted by Gasteiger charge is -2.01. The maximum absolute atomic E-state index is 5.63. The standard InChI is InChI=1S/C7H11ClN2OS/c1-2-11-4-3-9-7-10-6(8)5-12-7/h5H,2-4H2,1H3,(H,9,10). The lowest BCUT2D eigenvalue weighted by Crippen LogP contribution is -2.08. The largest absolute Gasteiger partial charge is 0.380 e. The van der Waals surface area contributed by atoms with Crippen molar-refractivity contribution in [1.82, 2.24) is 4.98 Å². The molecular weight excluding hydrogens is 196 g/mol. The van der Waals surface area contributed by atoms with Gasteiger partial charge in [-0.2, -0.15) is 0 Å². The molecule has 0 aliphatic heterocycles. The molecular formula is C7H11ClN2OS. The van der Waals surface area contributed by atoms with Crippen molar-refractivity contribution in [3.05, 3.63) is 10.5 Å². The van der Waals surface area contributed by atoms with Crippen molar-refractivity contribution in [1.29, 1.82) is 0 Å². The van der Waals surface area contributed by atoms with Crippen LogP contribution in [-0.2, 0) is 4.74 Å². The molecule has 0 aromatic carbocycles. The summed E-state index contributed by atoms with van der Waals surface area (Å²) in [6.45, 7) is 4.20. The molecule has 1 aromatic heterocycles. The number of nitrogens with one attached hydrogen (secondary N) is 1. The molecule has 0 amide bonds. The Morgan fingerprint density at radius 2 is 2.58 bits per heavy atom. The summed E-state index contributed by atoms with van der Waals surface area (Å²) in [5.74, 6) is 0. The number of ether oxygens (including phenoxy) is 1. The van der Waals surface area contributed by atoms with Gasteiger partial charge in [0.1, 0.15) is 5.15 Å². The zero-order chi connectivity index (χ0) is 8.81. The molecule has 68 valence electrons. The molecule has 0 aliphatic carbocycles. The molecule has 0 radical (unpaired) electrons. The number of anilines is 1. The molecule has 0 bridgehead atoms. The lowest BCUT2D eigenvalue weighted by atomic mass is 10.7. The highest BCUT2D eigenvalue weighted by atomic mass is 35.5. The fourth-order valence-corrected chi connectivity index (χ4v) is 1.58. The topological polar surface area (TPSA) is 34.1 Å². The fraction of sp³-hybridized carbons (Fsp3) is 0.571. The predicted octanol–water partition coefficient (Wildman–Crippen LogP) is 2.24. The summed E-state index contributed by atoms with van der Waals surface area (Å²) in [6, 6.07) is 0. The van der Waals surface area contributed by atoms with Crippen LogP contribution in [0.2, 0.25) is 5.15 Å². The number of nitrogens with zero attached hydrogens (tertiary/aromatic N) is 1. The summed E-state index contributed by atoms with van der Waals surface area (Å²) in [4.78, 5) is 4.03. The smallest absolute Gasteiger partial charge is 0.184 e. The first-order valence-electron chi connectivity index (χ1n) is 3.75. The van der Waals surface area contributed by atoms with Crippen LogP contribution in [0.1, 0.15) is 6.92 Å². The van der Waals surface area contributed by atoms with Crippen molar-refractivity contribution in [3.8, 4) is 0 Å². The molecule has 0 saturated heterocycles. The van der Waals surface area contributed by atoms with Gasteiger partial charge in [-0.3, -0.25) is 0 Å². The predicted molar refractivity (Wildman–Crippen MR) is 52.1 cm³/mol. The molecule has 0 fully saturated rings. The fourth-order valence-electron chi connectivity index (χ4n) is 0.710. The first-order chi connectivity index (χ1) is 5.83. The lowest BCUT2D eigenvalue weighted by molar-refractivity contribution is 0.158. The van der Waals surface area contributed by atoms with E-state index in [9.17, 15) is 0 Å². The van der Waals surface area contributed by atoms with Gasteiger partial charge in [0, 0.05) is 18.5 Å². The third kappa shape index (κ3) is 3.38. The van der Waals surface area contributed by atoms with Gasteiger partial charge in [-0.25, -0.2) is 4.98 Å². The van der Waals surface area contributed by atoms with E-state index in [0.717, 1.165) is 18.3 Å². The van der Waals surface area contributed by atoms with Gasteiger partial charge in [0.15, 0.2) is 5.13 Å². The van der Waals surface area contributed by atoms with Crippen molar-refractivity contribution in [2.24, 2.45) is 0 Å². The summed E-state index contributed by atoms with van der Waals surface area (Å²) in [6.07, 6.45) is 0. The van der Waals surface area contributed by atoms with Gasteiger partial charge in [-0.1, -0.05) is 11.6 Å². The summed E-state index contributed by atoms with van der Waals surface area (Å²) in [5.41, 5.74) is 0. The summed E-state index contributed by atoms with van der Waals surface area (Å²) >= 11 is 7.13. The Hall–Kier alpha value is -0.320. The average molecular weight is 207 g/mol. The number of hydrogen-bond donors (Lipinski definition) is 1. The second kappa shape index (κ2) is 5.35. The van der Waals surface area contributed by atoms with Gasteiger partial charge < -0.3 is 10.1 Å². The van der Waals surface area contributed by atoms with E-state index in [4.69, 9.17) is 16.3 Å². The van der Waals surface area contributed by atoms with E-state index < -0.39 is 0 Å². The molecule has 0 aliphatic rings. The molecule has 0 unspecified atom stereocenters. The van der Waals surface area contributed by atoms with Crippen LogP contribution in [0.15, 0.2) is 5.38 Å². The van der Waals surface area contributed by atoms with Crippen LogP contribution in [0.3, 0.4) is 0 Å². The molecule has 5 heteroatoms. The third-order valence-electron chi connectivity index (χ3n) is 1.20. The highest BCUT2D eigenvalue weighted by Crippen LogP contribution is 2.18. The molecule has 1 N–H and O–H groups in total. The van der Waals surface area contributed by atoms with Gasteiger partial charge in [-0.05, 0) is 6.92 Å². The van der Waals surface area contributed by atoms with E-state index in [2.05, 4.69) is 10.3 Å². The van der Waals surface area contributed by atoms with E-state index in [1.807, 2.05) is 6.92 Å². The summed E-state index contributed by atoms with van der Waals surface area (Å²) in [5, 5.41) is 6.28. The van der Waals surface area contributed by atoms with Gasteiger partial charge in [0.05, 0.1) is 6.61 Å². The molecule has 3 nitrogen and oxygen atoms in total. The second-order valence-corrected chi connectivity index (χ2v) is 3.34. The first kappa shape index (κ1) is 9.77. The third-order valence-corrected chi connectivity index (χ3v) is 2.33. The van der Waals surface area contributed by atoms with E-state index in [-0.39, 0.29) is 0 Å². The van der Waals surface area contributed by atoms with Crippen LogP contribution < -0.4 is 5.32 Å². The van der Waals surface area contributed by atoms with E-state index >= 15 is 0 Å². The first-order valence-corrected chi connectivity index (χ1v) is 5.01. The normalized spacial score (nSPS) is 10.2. The monoisotopic (exact) mass is 206 g/mol. The number of thiazole rings is 1. The molecule has 0 atom stereocenters. The van der Waals surface area contributed by atoms with E-state index in [1.165, 1.54) is 11.3 Å². The SMILES string of the molecule is CCOCCNc1nc(Cl)cs1. The van der Waals surface area contributed by atoms with Crippen molar-refractivity contribution < 1.29 is 4.74 Å². The minimum Gasteiger partial charge on any atom is -0.380 e. The maximum atomic E-state index is 5.63. The number of hydrogen-bond acceptors (Lipinski definition) is 4. The Balaban J connectivity index is 2.15. The Morgan fingerprint density at radius 3 is 3.17 bits per heavy atom. The van der Waals surface area contributed by atoms with Crippen molar-refractivity contribution in [3.63, 3.8) is 0 Å². The molecule has 0 spiro atoms.